The van der Waals surface area contributed by atoms with Gasteiger partial charge < -0.3 is 17.5 Å². The molecule has 0 atom stereocenters. The van der Waals surface area contributed by atoms with E-state index in [9.17, 15) is 0 Å². The molecule has 2 bridgehead atoms. The van der Waals surface area contributed by atoms with Crippen LogP contribution in [0.25, 0.3) is 0 Å². The van der Waals surface area contributed by atoms with Gasteiger partial charge in [-0.2, -0.15) is 10.2 Å². The molecule has 3 fully saturated rings. The van der Waals surface area contributed by atoms with Crippen molar-refractivity contribution in [3.05, 3.63) is 30.1 Å². The summed E-state index contributed by atoms with van der Waals surface area (Å²) in [6.45, 7) is 4.02. The Morgan fingerprint density at radius 3 is 2.25 bits per heavy atom. The van der Waals surface area contributed by atoms with Crippen LogP contribution >= 0.6 is 19.3 Å². The van der Waals surface area contributed by atoms with Crippen molar-refractivity contribution in [2.75, 3.05) is 13.1 Å². The molecule has 1 aliphatic carbocycles. The van der Waals surface area contributed by atoms with Gasteiger partial charge >= 0.3 is 34.7 Å². The van der Waals surface area contributed by atoms with Crippen LogP contribution in [0, 0.1) is 11.8 Å². The summed E-state index contributed by atoms with van der Waals surface area (Å²) >= 11 is 4.72. The maximum atomic E-state index is 5.47. The van der Waals surface area contributed by atoms with Crippen LogP contribution in [0.1, 0.15) is 38.3 Å². The van der Waals surface area contributed by atoms with Gasteiger partial charge in [-0.1, -0.05) is 6.07 Å². The van der Waals surface area contributed by atoms with E-state index < -0.39 is 15.4 Å². The van der Waals surface area contributed by atoms with Crippen molar-refractivity contribution >= 4 is 58.2 Å². The molecular weight excluding hydrogens is 421 g/mol. The van der Waals surface area contributed by atoms with E-state index in [1.54, 1.807) is 6.20 Å². The molecule has 4 rings (SSSR count). The summed E-state index contributed by atoms with van der Waals surface area (Å²) in [5.41, 5.74) is 1.65. The van der Waals surface area contributed by atoms with Crippen molar-refractivity contribution in [3.63, 3.8) is 0 Å². The zero-order valence-electron chi connectivity index (χ0n) is 13.7. The van der Waals surface area contributed by atoms with Crippen LogP contribution in [-0.4, -0.2) is 49.3 Å². The van der Waals surface area contributed by atoms with Gasteiger partial charge in [0.15, 0.2) is 0 Å². The Kier molecular flexibility index (Phi) is 8.90. The molecule has 4 nitrogen and oxygen atoms in total. The quantitative estimate of drug-likeness (QED) is 0.230. The number of rotatable bonds is 2. The second-order valence-corrected chi connectivity index (χ2v) is 10.3. The molecule has 1 saturated carbocycles. The molecule has 3 heterocycles. The Morgan fingerprint density at radius 2 is 1.75 bits per heavy atom. The molecule has 1 aromatic rings. The maximum absolute atomic E-state index is 5.47. The Labute approximate surface area is 165 Å². The molecule has 8 heteroatoms. The molecule has 2 saturated heterocycles. The van der Waals surface area contributed by atoms with Gasteiger partial charge in [0.1, 0.15) is 0 Å². The van der Waals surface area contributed by atoms with Crippen LogP contribution in [0.4, 0.5) is 0 Å². The summed E-state index contributed by atoms with van der Waals surface area (Å²) in [6.07, 6.45) is 7.15. The number of aromatic nitrogens is 1. The fraction of sp³-hybridized carbons (Fsp3) is 0.562. The van der Waals surface area contributed by atoms with Crippen molar-refractivity contribution in [1.82, 2.24) is 9.88 Å². The molecule has 2 radical (unpaired) electrons. The minimum atomic E-state index is -0.743. The van der Waals surface area contributed by atoms with E-state index in [0.29, 0.717) is 5.17 Å². The number of nitrogens with zero attached hydrogens (tertiary/aromatic N) is 4. The van der Waals surface area contributed by atoms with Gasteiger partial charge in [0.05, 0.1) is 11.4 Å². The van der Waals surface area contributed by atoms with Crippen LogP contribution in [0.15, 0.2) is 34.6 Å². The molecule has 2 aliphatic heterocycles. The van der Waals surface area contributed by atoms with Crippen LogP contribution in [0.5, 0.6) is 0 Å². The first-order chi connectivity index (χ1) is 11.6. The number of hydrogen-bond donors (Lipinski definition) is 0. The monoisotopic (exact) mass is 440 g/mol. The number of halogens is 2. The van der Waals surface area contributed by atoms with E-state index in [0.717, 1.165) is 36.3 Å². The summed E-state index contributed by atoms with van der Waals surface area (Å²) in [4.78, 5) is 6.52. The van der Waals surface area contributed by atoms with Gasteiger partial charge in [-0.25, -0.2) is 0 Å². The number of hydrogen-bond acceptors (Lipinski definition) is 4. The summed E-state index contributed by atoms with van der Waals surface area (Å²) in [6, 6.07) is 5.78. The molecule has 0 amide bonds. The van der Waals surface area contributed by atoms with Gasteiger partial charge in [-0.15, -0.1) is 0 Å². The molecule has 0 unspecified atom stereocenters. The first-order valence-electron chi connectivity index (χ1n) is 8.11. The first kappa shape index (κ1) is 20.0. The Morgan fingerprint density at radius 1 is 1.17 bits per heavy atom. The Balaban J connectivity index is 0.000000647. The molecule has 0 aromatic carbocycles. The summed E-state index contributed by atoms with van der Waals surface area (Å²) < 4.78 is 0. The molecule has 1 aromatic heterocycles. The zero-order chi connectivity index (χ0) is 17.4. The predicted molar refractivity (Wildman–Crippen MR) is 106 cm³/mol. The molecule has 3 aliphatic rings. The van der Waals surface area contributed by atoms with E-state index in [1.165, 1.54) is 25.7 Å². The average molecular weight is 442 g/mol. The van der Waals surface area contributed by atoms with Gasteiger partial charge in [0.25, 0.3) is 0 Å². The molecular formula is C16H21Cl2GaN4S-2. The van der Waals surface area contributed by atoms with Crippen molar-refractivity contribution < 1.29 is 0 Å². The normalized spacial score (nSPS) is 24.2. The van der Waals surface area contributed by atoms with E-state index in [-0.39, 0.29) is 0 Å². The Hall–Kier alpha value is -0.274. The standard InChI is InChI=1S/C16H22N4S.2ClH.Ga/c1-12(15-4-2-3-9-17-15)18-19-16(21)20-10-13-5-6-14(11-20)8-7-13;;;/h2-4,9,13-14H,5-8,10-11H2,1H3,(H,19,21);2*1H;/q;;;+1/p-3/b18-12+;;;. The third-order valence-electron chi connectivity index (χ3n) is 4.52. The fourth-order valence-electron chi connectivity index (χ4n) is 3.26. The summed E-state index contributed by atoms with van der Waals surface area (Å²) in [7, 11) is 9.84. The van der Waals surface area contributed by atoms with Crippen molar-refractivity contribution in [3.8, 4) is 0 Å². The van der Waals surface area contributed by atoms with Gasteiger partial charge in [0, 0.05) is 24.5 Å². The Bertz CT molecular complexity index is 548. The summed E-state index contributed by atoms with van der Waals surface area (Å²) in [5.74, 6) is 1.58. The van der Waals surface area contributed by atoms with E-state index >= 15 is 0 Å². The first-order valence-corrected chi connectivity index (χ1v) is 14.9. The third-order valence-corrected chi connectivity index (χ3v) is 4.85. The minimum absolute atomic E-state index is 0.629. The van der Waals surface area contributed by atoms with Crippen LogP contribution < -0.4 is 0 Å². The van der Waals surface area contributed by atoms with E-state index in [1.807, 2.05) is 25.1 Å². The molecule has 130 valence electrons. The number of fused-ring (bicyclic) bond motifs is 4. The van der Waals surface area contributed by atoms with Gasteiger partial charge in [0.2, 0.25) is 0 Å². The third kappa shape index (κ3) is 6.22. The fourth-order valence-corrected chi connectivity index (χ4v) is 3.45. The number of pyridine rings is 1. The van der Waals surface area contributed by atoms with Crippen LogP contribution in [0.2, 0.25) is 0 Å². The molecule has 0 N–H and O–H groups in total. The molecule has 24 heavy (non-hydrogen) atoms. The van der Waals surface area contributed by atoms with Crippen molar-refractivity contribution in [1.29, 1.82) is 0 Å². The second-order valence-electron chi connectivity index (χ2n) is 6.16. The average Bonchev–Trinajstić information content (AvgIpc) is 2.95. The second kappa shape index (κ2) is 10.7. The molecule has 0 spiro atoms. The zero-order valence-corrected chi connectivity index (χ0v) is 18.5. The van der Waals surface area contributed by atoms with Crippen molar-refractivity contribution in [2.24, 2.45) is 22.0 Å². The van der Waals surface area contributed by atoms with E-state index in [2.05, 4.69) is 20.1 Å². The SMILES string of the molecule is C/C(=N\N=C(/[S-])N1CC2CCC(CC2)C1)c1ccccn1.[Cl][Ga-][Cl]. The van der Waals surface area contributed by atoms with Gasteiger partial charge in [-0.05, 0) is 56.6 Å². The van der Waals surface area contributed by atoms with Crippen LogP contribution in [-0.2, 0) is 12.6 Å². The summed E-state index contributed by atoms with van der Waals surface area (Å²) in [5, 5.41) is 9.16. The van der Waals surface area contributed by atoms with E-state index in [4.69, 9.17) is 31.9 Å². The van der Waals surface area contributed by atoms with Crippen LogP contribution in [0.3, 0.4) is 0 Å². The topological polar surface area (TPSA) is 40.9 Å². The van der Waals surface area contributed by atoms with Crippen molar-refractivity contribution in [2.45, 2.75) is 32.6 Å². The predicted octanol–water partition coefficient (Wildman–Crippen LogP) is 3.83. The van der Waals surface area contributed by atoms with Gasteiger partial charge in [-0.3, -0.25) is 4.98 Å². The number of amidine groups is 1.